The van der Waals surface area contributed by atoms with Crippen LogP contribution in [0.5, 0.6) is 0 Å². The molecule has 2 saturated heterocycles. The summed E-state index contributed by atoms with van der Waals surface area (Å²) >= 11 is 6.96. The Morgan fingerprint density at radius 1 is 1.18 bits per heavy atom. The van der Waals surface area contributed by atoms with Gasteiger partial charge in [0.1, 0.15) is 18.2 Å². The SMILES string of the molecule is Cc1c(N2CCCC2=O)cccc1S(=O)(=O)N[C@@H](CNC(=O)c1ccc(Cl)s1)C(=O)OC[C@H]1COCCN1C(=O)OC(C)(C)C. The fourth-order valence-corrected chi connectivity index (χ4v) is 7.27. The first-order chi connectivity index (χ1) is 21.2. The first-order valence-electron chi connectivity index (χ1n) is 14.4. The summed E-state index contributed by atoms with van der Waals surface area (Å²) in [7, 11) is -4.37. The maximum Gasteiger partial charge on any atom is 0.410 e. The molecule has 2 atom stereocenters. The minimum atomic E-state index is -4.37. The zero-order chi connectivity index (χ0) is 32.9. The summed E-state index contributed by atoms with van der Waals surface area (Å²) in [6.45, 7) is 7.04. The van der Waals surface area contributed by atoms with E-state index in [1.54, 1.807) is 39.8 Å². The molecule has 0 bridgehead atoms. The monoisotopic (exact) mass is 684 g/mol. The molecule has 0 spiro atoms. The molecule has 3 amide bonds. The average Bonchev–Trinajstić information content (AvgIpc) is 3.60. The predicted octanol–water partition coefficient (Wildman–Crippen LogP) is 3.09. The minimum Gasteiger partial charge on any atom is -0.462 e. The Labute approximate surface area is 271 Å². The first-order valence-corrected chi connectivity index (χ1v) is 17.0. The van der Waals surface area contributed by atoms with Crippen LogP contribution >= 0.6 is 22.9 Å². The smallest absolute Gasteiger partial charge is 0.410 e. The number of carbonyl (C=O) groups is 4. The maximum atomic E-state index is 13.7. The number of halogens is 1. The Balaban J connectivity index is 1.53. The van der Waals surface area contributed by atoms with Gasteiger partial charge in [0.05, 0.1) is 33.4 Å². The number of sulfonamides is 1. The van der Waals surface area contributed by atoms with Gasteiger partial charge in [-0.05, 0) is 63.9 Å². The van der Waals surface area contributed by atoms with E-state index in [2.05, 4.69) is 10.0 Å². The lowest BCUT2D eigenvalue weighted by atomic mass is 10.2. The van der Waals surface area contributed by atoms with E-state index in [0.29, 0.717) is 35.0 Å². The van der Waals surface area contributed by atoms with Gasteiger partial charge in [0.15, 0.2) is 0 Å². The first kappa shape index (κ1) is 34.6. The van der Waals surface area contributed by atoms with Crippen molar-refractivity contribution < 1.29 is 41.8 Å². The Bertz CT molecular complexity index is 1540. The van der Waals surface area contributed by atoms with Gasteiger partial charge in [-0.25, -0.2) is 13.2 Å². The molecule has 4 rings (SSSR count). The van der Waals surface area contributed by atoms with Gasteiger partial charge in [0, 0.05) is 31.7 Å². The number of nitrogens with zero attached hydrogens (tertiary/aromatic N) is 2. The number of nitrogens with one attached hydrogen (secondary N) is 2. The standard InChI is InChI=1S/C29H37ClN4O9S2/c1-18-21(34-12-6-9-25(34)35)7-5-8-23(18)45(39,40)32-20(15-31-26(36)22-10-11-24(30)44-22)27(37)42-17-19-16-41-14-13-33(19)28(38)43-29(2,3)4/h5,7-8,10-11,19-20,32H,6,9,12-17H2,1-4H3,(H,31,36)/t19-,20+/m1/s1. The van der Waals surface area contributed by atoms with Crippen LogP contribution in [0.25, 0.3) is 0 Å². The summed E-state index contributed by atoms with van der Waals surface area (Å²) in [5.41, 5.74) is 0.0431. The number of amides is 3. The fourth-order valence-electron chi connectivity index (χ4n) is 4.86. The minimum absolute atomic E-state index is 0.0694. The summed E-state index contributed by atoms with van der Waals surface area (Å²) < 4.78 is 46.6. The third-order valence-corrected chi connectivity index (χ3v) is 9.87. The predicted molar refractivity (Wildman–Crippen MR) is 167 cm³/mol. The summed E-state index contributed by atoms with van der Waals surface area (Å²) in [5.74, 6) is -1.65. The van der Waals surface area contributed by atoms with Gasteiger partial charge in [-0.1, -0.05) is 17.7 Å². The number of esters is 1. The molecule has 3 heterocycles. The van der Waals surface area contributed by atoms with E-state index in [4.69, 9.17) is 25.8 Å². The van der Waals surface area contributed by atoms with Crippen LogP contribution in [0.4, 0.5) is 10.5 Å². The van der Waals surface area contributed by atoms with Gasteiger partial charge in [-0.3, -0.25) is 19.3 Å². The van der Waals surface area contributed by atoms with Crippen LogP contribution in [0.2, 0.25) is 4.34 Å². The van der Waals surface area contributed by atoms with Crippen LogP contribution in [0.1, 0.15) is 48.8 Å². The van der Waals surface area contributed by atoms with E-state index in [9.17, 15) is 27.6 Å². The van der Waals surface area contributed by atoms with Crippen LogP contribution < -0.4 is 14.9 Å². The number of anilines is 1. The van der Waals surface area contributed by atoms with Crippen LogP contribution in [-0.4, -0.2) is 94.3 Å². The fraction of sp³-hybridized carbons (Fsp3) is 0.517. The van der Waals surface area contributed by atoms with Crippen LogP contribution in [-0.2, 0) is 33.8 Å². The topological polar surface area (TPSA) is 161 Å². The van der Waals surface area contributed by atoms with Gasteiger partial charge >= 0.3 is 12.1 Å². The highest BCUT2D eigenvalue weighted by atomic mass is 35.5. The van der Waals surface area contributed by atoms with Crippen molar-refractivity contribution in [2.24, 2.45) is 0 Å². The second-order valence-electron chi connectivity index (χ2n) is 11.6. The van der Waals surface area contributed by atoms with Crippen molar-refractivity contribution in [2.45, 2.75) is 63.1 Å². The van der Waals surface area contributed by atoms with Crippen molar-refractivity contribution in [2.75, 3.05) is 44.4 Å². The van der Waals surface area contributed by atoms with E-state index in [1.165, 1.54) is 28.0 Å². The molecule has 2 fully saturated rings. The summed E-state index contributed by atoms with van der Waals surface area (Å²) in [6.07, 6.45) is 0.432. The lowest BCUT2D eigenvalue weighted by molar-refractivity contribution is -0.149. The van der Waals surface area contributed by atoms with E-state index in [-0.39, 0.29) is 42.0 Å². The van der Waals surface area contributed by atoms with Crippen LogP contribution in [0.15, 0.2) is 35.2 Å². The van der Waals surface area contributed by atoms with Gasteiger partial charge in [-0.15, -0.1) is 11.3 Å². The number of hydrogen-bond acceptors (Lipinski definition) is 10. The quantitative estimate of drug-likeness (QED) is 0.359. The molecule has 1 aromatic carbocycles. The lowest BCUT2D eigenvalue weighted by Gasteiger charge is -2.36. The number of ether oxygens (including phenoxy) is 3. The highest BCUT2D eigenvalue weighted by Crippen LogP contribution is 2.29. The molecular weight excluding hydrogens is 648 g/mol. The Morgan fingerprint density at radius 3 is 2.58 bits per heavy atom. The molecule has 2 aliphatic rings. The summed E-state index contributed by atoms with van der Waals surface area (Å²) in [4.78, 5) is 54.4. The molecule has 0 radical (unpaired) electrons. The van der Waals surface area contributed by atoms with Gasteiger partial charge in [0.25, 0.3) is 5.91 Å². The third-order valence-electron chi connectivity index (χ3n) is 7.03. The highest BCUT2D eigenvalue weighted by molar-refractivity contribution is 7.89. The molecule has 1 aromatic heterocycles. The van der Waals surface area contributed by atoms with Gasteiger partial charge < -0.3 is 24.4 Å². The molecule has 13 nitrogen and oxygen atoms in total. The van der Waals surface area contributed by atoms with Crippen molar-refractivity contribution >= 4 is 62.5 Å². The average molecular weight is 685 g/mol. The number of rotatable bonds is 10. The molecule has 246 valence electrons. The molecular formula is C29H37ClN4O9S2. The largest absolute Gasteiger partial charge is 0.462 e. The zero-order valence-corrected chi connectivity index (χ0v) is 27.9. The molecule has 16 heteroatoms. The third kappa shape index (κ3) is 8.94. The number of benzene rings is 1. The molecule has 45 heavy (non-hydrogen) atoms. The molecule has 0 aliphatic carbocycles. The molecule has 0 saturated carbocycles. The number of carbonyl (C=O) groups excluding carboxylic acids is 4. The molecule has 2 aliphatic heterocycles. The van der Waals surface area contributed by atoms with Crippen molar-refractivity contribution in [3.8, 4) is 0 Å². The molecule has 2 aromatic rings. The normalized spacial score (nSPS) is 18.1. The van der Waals surface area contributed by atoms with Gasteiger partial charge in [-0.2, -0.15) is 4.72 Å². The second-order valence-corrected chi connectivity index (χ2v) is 15.0. The number of morpholine rings is 1. The van der Waals surface area contributed by atoms with Gasteiger partial charge in [0.2, 0.25) is 15.9 Å². The second kappa shape index (κ2) is 14.5. The van der Waals surface area contributed by atoms with Crippen molar-refractivity contribution in [3.05, 3.63) is 45.1 Å². The van der Waals surface area contributed by atoms with Crippen molar-refractivity contribution in [3.63, 3.8) is 0 Å². The van der Waals surface area contributed by atoms with E-state index < -0.39 is 52.2 Å². The summed E-state index contributed by atoms with van der Waals surface area (Å²) in [5, 5.41) is 2.56. The Hall–Kier alpha value is -3.24. The van der Waals surface area contributed by atoms with Crippen LogP contribution in [0, 0.1) is 6.92 Å². The van der Waals surface area contributed by atoms with E-state index in [1.807, 2.05) is 0 Å². The van der Waals surface area contributed by atoms with Crippen LogP contribution in [0.3, 0.4) is 0 Å². The number of hydrogen-bond donors (Lipinski definition) is 2. The summed E-state index contributed by atoms with van der Waals surface area (Å²) in [6, 6.07) is 5.36. The van der Waals surface area contributed by atoms with E-state index >= 15 is 0 Å². The Kier molecular flexibility index (Phi) is 11.1. The van der Waals surface area contributed by atoms with E-state index in [0.717, 1.165) is 11.3 Å². The van der Waals surface area contributed by atoms with Crippen molar-refractivity contribution in [1.82, 2.24) is 14.9 Å². The maximum absolute atomic E-state index is 13.7. The zero-order valence-electron chi connectivity index (χ0n) is 25.5. The Morgan fingerprint density at radius 2 is 1.93 bits per heavy atom. The number of thiophene rings is 1. The molecule has 0 unspecified atom stereocenters. The molecule has 2 N–H and O–H groups in total. The highest BCUT2D eigenvalue weighted by Gasteiger charge is 2.35. The van der Waals surface area contributed by atoms with Crippen molar-refractivity contribution in [1.29, 1.82) is 0 Å². The lowest BCUT2D eigenvalue weighted by Crippen LogP contribution is -2.54.